The van der Waals surface area contributed by atoms with Gasteiger partial charge in [0.05, 0.1) is 6.33 Å². The summed E-state index contributed by atoms with van der Waals surface area (Å²) in [7, 11) is 3.59. The highest BCUT2D eigenvalue weighted by molar-refractivity contribution is 5.83. The quantitative estimate of drug-likeness (QED) is 0.188. The first-order valence-electron chi connectivity index (χ1n) is 10.4. The lowest BCUT2D eigenvalue weighted by atomic mass is 10.1. The van der Waals surface area contributed by atoms with Crippen LogP contribution in [0.4, 0.5) is 11.8 Å². The Balaban J connectivity index is 2.01. The zero-order valence-electron chi connectivity index (χ0n) is 18.5. The topological polar surface area (TPSA) is 168 Å². The minimum Gasteiger partial charge on any atom is -0.387 e. The number of hydrogen-bond acceptors (Lipinski definition) is 12. The number of aromatic nitrogens is 4. The van der Waals surface area contributed by atoms with E-state index in [0.717, 1.165) is 0 Å². The second-order valence-electron chi connectivity index (χ2n) is 7.45. The van der Waals surface area contributed by atoms with Crippen molar-refractivity contribution in [3.05, 3.63) is 6.33 Å². The molecule has 174 valence electrons. The molecule has 2 aromatic rings. The Morgan fingerprint density at radius 3 is 2.42 bits per heavy atom. The molecule has 0 radical (unpaired) electrons. The number of nitrogens with one attached hydrogen (secondary N) is 3. The predicted molar refractivity (Wildman–Crippen MR) is 115 cm³/mol. The van der Waals surface area contributed by atoms with Gasteiger partial charge in [-0.2, -0.15) is 15.4 Å². The highest BCUT2D eigenvalue weighted by Gasteiger charge is 2.55. The highest BCUT2D eigenvalue weighted by Crippen LogP contribution is 2.36. The summed E-state index contributed by atoms with van der Waals surface area (Å²) in [6.45, 7) is 7.27. The fraction of sp³-hybridized carbons (Fsp3) is 0.722. The molecule has 1 aliphatic rings. The summed E-state index contributed by atoms with van der Waals surface area (Å²) in [4.78, 5) is 20.6. The number of imidazole rings is 1. The zero-order chi connectivity index (χ0) is 22.8. The molecule has 0 amide bonds. The summed E-state index contributed by atoms with van der Waals surface area (Å²) in [6, 6.07) is 0. The molecule has 13 heteroatoms. The number of hydroxylamine groups is 1. The molecule has 3 rings (SSSR count). The lowest BCUT2D eigenvalue weighted by molar-refractivity contribution is -0.228. The third kappa shape index (κ3) is 4.30. The van der Waals surface area contributed by atoms with E-state index in [0.29, 0.717) is 36.7 Å². The van der Waals surface area contributed by atoms with E-state index in [9.17, 15) is 10.2 Å². The van der Waals surface area contributed by atoms with E-state index < -0.39 is 30.4 Å². The van der Waals surface area contributed by atoms with Crippen molar-refractivity contribution < 1.29 is 19.8 Å². The van der Waals surface area contributed by atoms with Crippen molar-refractivity contribution >= 4 is 22.9 Å². The van der Waals surface area contributed by atoms with Gasteiger partial charge in [-0.05, 0) is 13.1 Å². The number of nitrogen functional groups attached to an aromatic ring is 1. The second kappa shape index (κ2) is 9.56. The lowest BCUT2D eigenvalue weighted by Gasteiger charge is -2.39. The van der Waals surface area contributed by atoms with Crippen LogP contribution < -0.4 is 26.7 Å². The van der Waals surface area contributed by atoms with Gasteiger partial charge in [0.1, 0.15) is 23.8 Å². The van der Waals surface area contributed by atoms with Gasteiger partial charge in [0.2, 0.25) is 11.8 Å². The smallest absolute Gasteiger partial charge is 0.228 e. The number of hydrogen-bond donors (Lipinski definition) is 6. The van der Waals surface area contributed by atoms with Gasteiger partial charge in [0.25, 0.3) is 0 Å². The molecule has 1 aliphatic heterocycles. The van der Waals surface area contributed by atoms with Crippen molar-refractivity contribution in [2.75, 3.05) is 44.4 Å². The molecular formula is C18H33N9O4. The van der Waals surface area contributed by atoms with Crippen LogP contribution in [0.15, 0.2) is 6.33 Å². The third-order valence-corrected chi connectivity index (χ3v) is 5.01. The van der Waals surface area contributed by atoms with Crippen LogP contribution in [0.5, 0.6) is 0 Å². The van der Waals surface area contributed by atoms with Crippen molar-refractivity contribution in [3.63, 3.8) is 0 Å². The minimum atomic E-state index is -1.28. The average molecular weight is 440 g/mol. The predicted octanol–water partition coefficient (Wildman–Crippen LogP) is -1.49. The molecule has 4 atom stereocenters. The maximum atomic E-state index is 10.9. The maximum Gasteiger partial charge on any atom is 0.228 e. The number of ether oxygens (including phenoxy) is 1. The molecule has 0 bridgehead atoms. The summed E-state index contributed by atoms with van der Waals surface area (Å²) < 4.78 is 7.71. The van der Waals surface area contributed by atoms with Gasteiger partial charge in [0.15, 0.2) is 17.7 Å². The molecule has 2 aromatic heterocycles. The van der Waals surface area contributed by atoms with Gasteiger partial charge in [-0.1, -0.05) is 20.8 Å². The number of nitrogens with two attached hydrogens (primary N) is 1. The summed E-state index contributed by atoms with van der Waals surface area (Å²) in [6.07, 6.45) is -3.02. The SMILES string of the molecule is CCNOC(NCC)(NCC)[C@H]1O[C@@H](n2cnc3c(N)nc(N(C)C)nc32)[C@H](O)[C@@H]1O. The zero-order valence-corrected chi connectivity index (χ0v) is 18.5. The monoisotopic (exact) mass is 439 g/mol. The molecular weight excluding hydrogens is 406 g/mol. The number of likely N-dealkylation sites (N-methyl/N-ethyl adjacent to an activating group) is 2. The first-order chi connectivity index (χ1) is 14.8. The Labute approximate surface area is 180 Å². The van der Waals surface area contributed by atoms with E-state index in [-0.39, 0.29) is 5.82 Å². The standard InChI is InChI=1S/C18H33N9O4/c1-6-21-18(22-7-2,31-23-8-3)13-11(28)12(29)16(30-13)27-9-20-10-14(19)24-17(26(4)5)25-15(10)27/h9,11-13,16,21-23,28-29H,6-8H2,1-5H3,(H2,19,24,25)/t11-,12+,13-,16+/m0/s1. The number of nitrogens with zero attached hydrogens (tertiary/aromatic N) is 5. The highest BCUT2D eigenvalue weighted by atomic mass is 16.7. The van der Waals surface area contributed by atoms with Crippen LogP contribution in [0.3, 0.4) is 0 Å². The van der Waals surface area contributed by atoms with Crippen molar-refractivity contribution in [3.8, 4) is 0 Å². The fourth-order valence-corrected chi connectivity index (χ4v) is 3.64. The molecule has 31 heavy (non-hydrogen) atoms. The number of rotatable bonds is 10. The Morgan fingerprint density at radius 1 is 1.16 bits per heavy atom. The lowest BCUT2D eigenvalue weighted by Crippen LogP contribution is -2.70. The van der Waals surface area contributed by atoms with Gasteiger partial charge in [-0.3, -0.25) is 20.0 Å². The molecule has 7 N–H and O–H groups in total. The Bertz CT molecular complexity index is 871. The van der Waals surface area contributed by atoms with Crippen molar-refractivity contribution in [1.82, 2.24) is 35.6 Å². The summed E-state index contributed by atoms with van der Waals surface area (Å²) in [5, 5.41) is 28.2. The Morgan fingerprint density at radius 2 is 1.84 bits per heavy atom. The van der Waals surface area contributed by atoms with Gasteiger partial charge in [-0.25, -0.2) is 4.98 Å². The van der Waals surface area contributed by atoms with E-state index in [2.05, 4.69) is 31.1 Å². The molecule has 3 heterocycles. The van der Waals surface area contributed by atoms with Crippen LogP contribution in [0, 0.1) is 0 Å². The van der Waals surface area contributed by atoms with Gasteiger partial charge < -0.3 is 25.6 Å². The molecule has 0 aromatic carbocycles. The normalized spacial score (nSPS) is 24.2. The molecule has 1 saturated heterocycles. The first kappa shape index (κ1) is 23.5. The average Bonchev–Trinajstić information content (AvgIpc) is 3.28. The van der Waals surface area contributed by atoms with E-state index >= 15 is 0 Å². The van der Waals surface area contributed by atoms with Crippen molar-refractivity contribution in [2.45, 2.75) is 51.2 Å². The van der Waals surface area contributed by atoms with E-state index in [1.54, 1.807) is 23.6 Å². The Kier molecular flexibility index (Phi) is 7.26. The van der Waals surface area contributed by atoms with Crippen LogP contribution in [0.1, 0.15) is 27.0 Å². The molecule has 13 nitrogen and oxygen atoms in total. The van der Waals surface area contributed by atoms with Gasteiger partial charge in [-0.15, -0.1) is 0 Å². The van der Waals surface area contributed by atoms with Crippen molar-refractivity contribution in [1.29, 1.82) is 0 Å². The van der Waals surface area contributed by atoms with Gasteiger partial charge in [0, 0.05) is 20.6 Å². The van der Waals surface area contributed by atoms with E-state index in [1.165, 1.54) is 6.33 Å². The molecule has 0 unspecified atom stereocenters. The van der Waals surface area contributed by atoms with Crippen LogP contribution in [0.2, 0.25) is 0 Å². The number of aliphatic hydroxyl groups excluding tert-OH is 2. The van der Waals surface area contributed by atoms with Gasteiger partial charge >= 0.3 is 0 Å². The maximum absolute atomic E-state index is 10.9. The molecule has 0 aliphatic carbocycles. The van der Waals surface area contributed by atoms with Crippen LogP contribution in [-0.4, -0.2) is 87.6 Å². The number of fused-ring (bicyclic) bond motifs is 1. The van der Waals surface area contributed by atoms with Crippen LogP contribution >= 0.6 is 0 Å². The molecule has 1 fully saturated rings. The van der Waals surface area contributed by atoms with Crippen molar-refractivity contribution in [2.24, 2.45) is 0 Å². The minimum absolute atomic E-state index is 0.210. The van der Waals surface area contributed by atoms with E-state index in [1.807, 2.05) is 20.8 Å². The first-order valence-corrected chi connectivity index (χ1v) is 10.4. The summed E-state index contributed by atoms with van der Waals surface area (Å²) in [5.74, 6) is -0.683. The third-order valence-electron chi connectivity index (χ3n) is 5.01. The largest absolute Gasteiger partial charge is 0.387 e. The summed E-state index contributed by atoms with van der Waals surface area (Å²) >= 11 is 0. The van der Waals surface area contributed by atoms with E-state index in [4.69, 9.17) is 15.3 Å². The van der Waals surface area contributed by atoms with Crippen LogP contribution in [-0.2, 0) is 9.57 Å². The number of anilines is 2. The fourth-order valence-electron chi connectivity index (χ4n) is 3.64. The summed E-state index contributed by atoms with van der Waals surface area (Å²) in [5.41, 5.74) is 9.63. The van der Waals surface area contributed by atoms with Crippen LogP contribution in [0.25, 0.3) is 11.2 Å². The number of aliphatic hydroxyl groups is 2. The second-order valence-corrected chi connectivity index (χ2v) is 7.45. The molecule has 0 saturated carbocycles. The molecule has 0 spiro atoms. The Hall–Kier alpha value is -2.13.